The molecule has 2 aromatic rings. The minimum atomic E-state index is -0.310. The summed E-state index contributed by atoms with van der Waals surface area (Å²) < 4.78 is 4.95. The molecule has 1 aliphatic rings. The number of aryl methyl sites for hydroxylation is 2. The topological polar surface area (TPSA) is 84.2 Å². The van der Waals surface area contributed by atoms with Crippen LogP contribution in [0, 0.1) is 19.8 Å². The van der Waals surface area contributed by atoms with E-state index in [1.54, 1.807) is 26.0 Å². The summed E-state index contributed by atoms with van der Waals surface area (Å²) in [4.78, 5) is 23.3. The molecule has 7 nitrogen and oxygen atoms in total. The van der Waals surface area contributed by atoms with Crippen LogP contribution in [0.5, 0.6) is 0 Å². The summed E-state index contributed by atoms with van der Waals surface area (Å²) in [5.74, 6) is 2.75. The number of aromatic nitrogens is 3. The van der Waals surface area contributed by atoms with E-state index in [9.17, 15) is 4.79 Å². The van der Waals surface area contributed by atoms with Crippen LogP contribution in [-0.4, -0.2) is 34.1 Å². The molecular formula is C16H21N5O2. The number of piperidine rings is 1. The van der Waals surface area contributed by atoms with Gasteiger partial charge >= 0.3 is 0 Å². The molecule has 23 heavy (non-hydrogen) atoms. The number of nitrogens with zero attached hydrogens (tertiary/aromatic N) is 4. The third-order valence-electron chi connectivity index (χ3n) is 3.91. The monoisotopic (exact) mass is 315 g/mol. The molecule has 1 fully saturated rings. The van der Waals surface area contributed by atoms with Crippen molar-refractivity contribution in [1.29, 1.82) is 0 Å². The molecule has 7 heteroatoms. The second kappa shape index (κ2) is 6.36. The zero-order valence-electron chi connectivity index (χ0n) is 13.7. The van der Waals surface area contributed by atoms with E-state index in [2.05, 4.69) is 32.3 Å². The Morgan fingerprint density at radius 1 is 1.35 bits per heavy atom. The van der Waals surface area contributed by atoms with Crippen LogP contribution in [-0.2, 0) is 0 Å². The van der Waals surface area contributed by atoms with E-state index in [1.807, 2.05) is 0 Å². The fraction of sp³-hybridized carbons (Fsp3) is 0.500. The maximum absolute atomic E-state index is 12.4. The Labute approximate surface area is 135 Å². The first-order chi connectivity index (χ1) is 11.0. The summed E-state index contributed by atoms with van der Waals surface area (Å²) in [6.45, 7) is 7.73. The Bertz CT molecular complexity index is 712. The Hall–Kier alpha value is -2.44. The highest BCUT2D eigenvalue weighted by Crippen LogP contribution is 2.22. The highest BCUT2D eigenvalue weighted by atomic mass is 16.5. The molecule has 0 bridgehead atoms. The second-order valence-corrected chi connectivity index (χ2v) is 6.13. The SMILES string of the molecule is Cc1nc(C(=O)Nc2cc(C)on2)cc(N2CCCC(C)C2)n1. The molecule has 1 amide bonds. The van der Waals surface area contributed by atoms with Crippen molar-refractivity contribution in [2.45, 2.75) is 33.6 Å². The quantitative estimate of drug-likeness (QED) is 0.937. The van der Waals surface area contributed by atoms with Crippen LogP contribution in [0.25, 0.3) is 0 Å². The number of anilines is 2. The van der Waals surface area contributed by atoms with E-state index in [0.717, 1.165) is 25.3 Å². The van der Waals surface area contributed by atoms with Crippen LogP contribution in [0.2, 0.25) is 0 Å². The summed E-state index contributed by atoms with van der Waals surface area (Å²) in [6.07, 6.45) is 2.38. The molecule has 3 rings (SSSR count). The normalized spacial score (nSPS) is 18.0. The van der Waals surface area contributed by atoms with E-state index >= 15 is 0 Å². The Kier molecular flexibility index (Phi) is 4.27. The van der Waals surface area contributed by atoms with Crippen LogP contribution in [0.15, 0.2) is 16.7 Å². The van der Waals surface area contributed by atoms with Gasteiger partial charge in [0.2, 0.25) is 0 Å². The van der Waals surface area contributed by atoms with Gasteiger partial charge in [-0.2, -0.15) is 0 Å². The molecule has 1 saturated heterocycles. The van der Waals surface area contributed by atoms with Gasteiger partial charge in [0, 0.05) is 25.2 Å². The largest absolute Gasteiger partial charge is 0.360 e. The maximum Gasteiger partial charge on any atom is 0.275 e. The van der Waals surface area contributed by atoms with Gasteiger partial charge in [-0.05, 0) is 32.6 Å². The predicted octanol–water partition coefficient (Wildman–Crippen LogP) is 2.57. The van der Waals surface area contributed by atoms with Gasteiger partial charge in [-0.3, -0.25) is 4.79 Å². The average Bonchev–Trinajstić information content (AvgIpc) is 2.91. The van der Waals surface area contributed by atoms with Crippen LogP contribution in [0.1, 0.15) is 41.8 Å². The lowest BCUT2D eigenvalue weighted by Crippen LogP contribution is -2.35. The van der Waals surface area contributed by atoms with Gasteiger partial charge in [0.25, 0.3) is 5.91 Å². The Morgan fingerprint density at radius 2 is 2.17 bits per heavy atom. The van der Waals surface area contributed by atoms with E-state index in [-0.39, 0.29) is 5.91 Å². The summed E-state index contributed by atoms with van der Waals surface area (Å²) in [7, 11) is 0. The molecule has 2 aromatic heterocycles. The van der Waals surface area contributed by atoms with Gasteiger partial charge in [-0.1, -0.05) is 12.1 Å². The van der Waals surface area contributed by atoms with Crippen molar-refractivity contribution >= 4 is 17.5 Å². The van der Waals surface area contributed by atoms with Crippen LogP contribution < -0.4 is 10.2 Å². The molecule has 3 heterocycles. The van der Waals surface area contributed by atoms with Crippen molar-refractivity contribution in [3.05, 3.63) is 29.4 Å². The molecule has 1 atom stereocenters. The number of hydrogen-bond donors (Lipinski definition) is 1. The van der Waals surface area contributed by atoms with Gasteiger partial charge < -0.3 is 14.7 Å². The van der Waals surface area contributed by atoms with Gasteiger partial charge in [-0.15, -0.1) is 0 Å². The number of rotatable bonds is 3. The number of amides is 1. The molecule has 0 radical (unpaired) electrons. The van der Waals surface area contributed by atoms with Gasteiger partial charge in [0.1, 0.15) is 23.1 Å². The smallest absolute Gasteiger partial charge is 0.275 e. The first-order valence-corrected chi connectivity index (χ1v) is 7.86. The average molecular weight is 315 g/mol. The molecule has 0 aromatic carbocycles. The summed E-state index contributed by atoms with van der Waals surface area (Å²) in [5.41, 5.74) is 0.339. The number of carbonyl (C=O) groups is 1. The van der Waals surface area contributed by atoms with Gasteiger partial charge in [-0.25, -0.2) is 9.97 Å². The van der Waals surface area contributed by atoms with E-state index in [1.165, 1.54) is 6.42 Å². The van der Waals surface area contributed by atoms with Crippen LogP contribution in [0.3, 0.4) is 0 Å². The van der Waals surface area contributed by atoms with Crippen molar-refractivity contribution in [2.24, 2.45) is 5.92 Å². The fourth-order valence-electron chi connectivity index (χ4n) is 2.83. The number of hydrogen-bond acceptors (Lipinski definition) is 6. The molecule has 1 unspecified atom stereocenters. The summed E-state index contributed by atoms with van der Waals surface area (Å²) in [5, 5.41) is 6.46. The second-order valence-electron chi connectivity index (χ2n) is 6.13. The minimum absolute atomic E-state index is 0.310. The van der Waals surface area contributed by atoms with Crippen LogP contribution in [0.4, 0.5) is 11.6 Å². The molecule has 0 saturated carbocycles. The summed E-state index contributed by atoms with van der Waals surface area (Å²) in [6, 6.07) is 3.41. The lowest BCUT2D eigenvalue weighted by Gasteiger charge is -2.32. The van der Waals surface area contributed by atoms with Crippen LogP contribution >= 0.6 is 0 Å². The third kappa shape index (κ3) is 3.67. The number of carbonyl (C=O) groups excluding carboxylic acids is 1. The van der Waals surface area contributed by atoms with Gasteiger partial charge in [0.15, 0.2) is 5.82 Å². The standard InChI is InChI=1S/C16H21N5O2/c1-10-5-4-6-21(9-10)15-8-13(17-12(3)18-15)16(22)19-14-7-11(2)23-20-14/h7-8,10H,4-6,9H2,1-3H3,(H,19,20,22). The Balaban J connectivity index is 1.80. The highest BCUT2D eigenvalue weighted by molar-refractivity contribution is 6.02. The molecule has 1 N–H and O–H groups in total. The Morgan fingerprint density at radius 3 is 2.87 bits per heavy atom. The highest BCUT2D eigenvalue weighted by Gasteiger charge is 2.20. The van der Waals surface area contributed by atoms with E-state index in [4.69, 9.17) is 4.52 Å². The van der Waals surface area contributed by atoms with E-state index < -0.39 is 0 Å². The minimum Gasteiger partial charge on any atom is -0.360 e. The van der Waals surface area contributed by atoms with Crippen molar-refractivity contribution in [3.8, 4) is 0 Å². The molecule has 122 valence electrons. The van der Waals surface area contributed by atoms with Crippen molar-refractivity contribution in [1.82, 2.24) is 15.1 Å². The third-order valence-corrected chi connectivity index (χ3v) is 3.91. The first-order valence-electron chi connectivity index (χ1n) is 7.86. The number of nitrogens with one attached hydrogen (secondary N) is 1. The maximum atomic E-state index is 12.4. The fourth-order valence-corrected chi connectivity index (χ4v) is 2.83. The first kappa shape index (κ1) is 15.5. The molecular weight excluding hydrogens is 294 g/mol. The lowest BCUT2D eigenvalue weighted by molar-refractivity contribution is 0.102. The van der Waals surface area contributed by atoms with Gasteiger partial charge in [0.05, 0.1) is 0 Å². The van der Waals surface area contributed by atoms with Crippen molar-refractivity contribution in [3.63, 3.8) is 0 Å². The molecule has 0 spiro atoms. The zero-order chi connectivity index (χ0) is 16.4. The summed E-state index contributed by atoms with van der Waals surface area (Å²) >= 11 is 0. The molecule has 0 aliphatic carbocycles. The lowest BCUT2D eigenvalue weighted by atomic mass is 10.0. The van der Waals surface area contributed by atoms with Crippen molar-refractivity contribution in [2.75, 3.05) is 23.3 Å². The van der Waals surface area contributed by atoms with Crippen molar-refractivity contribution < 1.29 is 9.32 Å². The van der Waals surface area contributed by atoms with E-state index in [0.29, 0.717) is 29.0 Å². The zero-order valence-corrected chi connectivity index (χ0v) is 13.7. The molecule has 1 aliphatic heterocycles. The predicted molar refractivity (Wildman–Crippen MR) is 86.6 cm³/mol.